The van der Waals surface area contributed by atoms with E-state index in [4.69, 9.17) is 11.5 Å². The molecule has 1 rings (SSSR count). The Hall–Kier alpha value is -1.03. The minimum Gasteiger partial charge on any atom is -0.397 e. The maximum absolute atomic E-state index is 5.72. The predicted octanol–water partition coefficient (Wildman–Crippen LogP) is 2.40. The van der Waals surface area contributed by atoms with Gasteiger partial charge in [-0.05, 0) is 38.3 Å². The van der Waals surface area contributed by atoms with Crippen molar-refractivity contribution in [3.63, 3.8) is 0 Å². The van der Waals surface area contributed by atoms with Crippen molar-refractivity contribution < 1.29 is 0 Å². The molecule has 1 aromatic rings. The molecule has 0 heterocycles. The smallest absolute Gasteiger partial charge is 0.0568 e. The van der Waals surface area contributed by atoms with Gasteiger partial charge in [-0.2, -0.15) is 11.8 Å². The number of anilines is 3. The van der Waals surface area contributed by atoms with Crippen LogP contribution in [0.4, 0.5) is 17.1 Å². The van der Waals surface area contributed by atoms with Crippen LogP contribution in [0.25, 0.3) is 0 Å². The van der Waals surface area contributed by atoms with E-state index >= 15 is 0 Å². The van der Waals surface area contributed by atoms with E-state index in [2.05, 4.69) is 25.4 Å². The van der Waals surface area contributed by atoms with Crippen molar-refractivity contribution in [1.29, 1.82) is 0 Å². The molecule has 84 valence electrons. The van der Waals surface area contributed by atoms with Crippen LogP contribution in [0.5, 0.6) is 0 Å². The lowest BCUT2D eigenvalue weighted by atomic mass is 10.2. The van der Waals surface area contributed by atoms with Gasteiger partial charge in [0.1, 0.15) is 0 Å². The third-order valence-corrected chi connectivity index (χ3v) is 3.61. The van der Waals surface area contributed by atoms with E-state index in [9.17, 15) is 0 Å². The summed E-state index contributed by atoms with van der Waals surface area (Å²) in [6.07, 6.45) is 2.11. The van der Waals surface area contributed by atoms with E-state index in [0.29, 0.717) is 11.4 Å². The summed E-state index contributed by atoms with van der Waals surface area (Å²) in [5.74, 6) is 0. The summed E-state index contributed by atoms with van der Waals surface area (Å²) in [5.41, 5.74) is 13.6. The Kier molecular flexibility index (Phi) is 3.74. The molecular weight excluding hydrogens is 206 g/mol. The van der Waals surface area contributed by atoms with Crippen LogP contribution in [0.15, 0.2) is 18.2 Å². The molecule has 15 heavy (non-hydrogen) atoms. The van der Waals surface area contributed by atoms with Crippen molar-refractivity contribution >= 4 is 28.8 Å². The largest absolute Gasteiger partial charge is 0.397 e. The molecule has 5 N–H and O–H groups in total. The Balaban J connectivity index is 2.62. The highest BCUT2D eigenvalue weighted by molar-refractivity contribution is 7.99. The predicted molar refractivity (Wildman–Crippen MR) is 71.4 cm³/mol. The normalized spacial score (nSPS) is 11.4. The van der Waals surface area contributed by atoms with Crippen molar-refractivity contribution in [1.82, 2.24) is 0 Å². The number of hydrogen-bond donors (Lipinski definition) is 3. The van der Waals surface area contributed by atoms with Crippen LogP contribution in [-0.4, -0.2) is 17.5 Å². The molecule has 0 aliphatic heterocycles. The van der Waals surface area contributed by atoms with Gasteiger partial charge in [0, 0.05) is 17.0 Å². The Morgan fingerprint density at radius 2 is 1.93 bits per heavy atom. The molecule has 0 amide bonds. The van der Waals surface area contributed by atoms with Crippen molar-refractivity contribution in [3.8, 4) is 0 Å². The summed E-state index contributed by atoms with van der Waals surface area (Å²) in [6, 6.07) is 5.64. The molecule has 0 atom stereocenters. The molecule has 3 nitrogen and oxygen atoms in total. The minimum absolute atomic E-state index is 0.218. The Bertz CT molecular complexity index is 337. The van der Waals surface area contributed by atoms with Crippen molar-refractivity contribution in [2.45, 2.75) is 18.6 Å². The molecule has 4 heteroatoms. The summed E-state index contributed by atoms with van der Waals surface area (Å²) >= 11 is 1.84. The van der Waals surface area contributed by atoms with Crippen LogP contribution in [0.1, 0.15) is 13.8 Å². The first kappa shape index (κ1) is 12.0. The number of nitrogens with two attached hydrogens (primary N) is 2. The van der Waals surface area contributed by atoms with E-state index in [1.165, 1.54) is 0 Å². The van der Waals surface area contributed by atoms with Crippen LogP contribution in [-0.2, 0) is 0 Å². The number of nitrogens with one attached hydrogen (secondary N) is 1. The highest BCUT2D eigenvalue weighted by atomic mass is 32.2. The number of nitrogen functional groups attached to an aromatic ring is 2. The van der Waals surface area contributed by atoms with E-state index in [1.807, 2.05) is 30.0 Å². The van der Waals surface area contributed by atoms with Crippen LogP contribution in [0.3, 0.4) is 0 Å². The van der Waals surface area contributed by atoms with Gasteiger partial charge in [0.25, 0.3) is 0 Å². The second kappa shape index (κ2) is 4.66. The lowest BCUT2D eigenvalue weighted by Gasteiger charge is -2.23. The zero-order valence-corrected chi connectivity index (χ0v) is 10.3. The maximum atomic E-state index is 5.72. The number of thioether (sulfide) groups is 1. The van der Waals surface area contributed by atoms with Crippen LogP contribution in [0, 0.1) is 0 Å². The first-order valence-corrected chi connectivity index (χ1v) is 6.11. The van der Waals surface area contributed by atoms with Crippen LogP contribution in [0.2, 0.25) is 0 Å². The number of benzene rings is 1. The summed E-state index contributed by atoms with van der Waals surface area (Å²) in [5, 5.41) is 3.35. The molecule has 0 aromatic heterocycles. The molecular formula is C11H19N3S. The van der Waals surface area contributed by atoms with Gasteiger partial charge >= 0.3 is 0 Å². The maximum Gasteiger partial charge on any atom is 0.0568 e. The molecule has 0 radical (unpaired) electrons. The second-order valence-corrected chi connectivity index (χ2v) is 5.67. The lowest BCUT2D eigenvalue weighted by molar-refractivity contribution is 0.753. The van der Waals surface area contributed by atoms with Gasteiger partial charge in [0.2, 0.25) is 0 Å². The molecule has 0 fully saturated rings. The molecule has 0 bridgehead atoms. The van der Waals surface area contributed by atoms with Gasteiger partial charge in [-0.15, -0.1) is 0 Å². The van der Waals surface area contributed by atoms with Gasteiger partial charge in [-0.25, -0.2) is 0 Å². The van der Waals surface area contributed by atoms with Gasteiger partial charge < -0.3 is 16.8 Å². The standard InChI is InChI=1S/C11H19N3S/c1-11(2,15-3)7-14-8-4-5-9(12)10(13)6-8/h4-6,14H,7,12-13H2,1-3H3. The third-order valence-electron chi connectivity index (χ3n) is 2.36. The van der Waals surface area contributed by atoms with Crippen LogP contribution < -0.4 is 16.8 Å². The van der Waals surface area contributed by atoms with Crippen molar-refractivity contribution in [2.24, 2.45) is 0 Å². The molecule has 0 unspecified atom stereocenters. The van der Waals surface area contributed by atoms with Gasteiger partial charge in [-0.3, -0.25) is 0 Å². The average molecular weight is 225 g/mol. The fourth-order valence-electron chi connectivity index (χ4n) is 1.07. The Morgan fingerprint density at radius 1 is 1.27 bits per heavy atom. The Labute approximate surface area is 95.6 Å². The topological polar surface area (TPSA) is 64.1 Å². The zero-order chi connectivity index (χ0) is 11.5. The SMILES string of the molecule is CSC(C)(C)CNc1ccc(N)c(N)c1. The molecule has 0 saturated carbocycles. The first-order valence-electron chi connectivity index (χ1n) is 4.88. The van der Waals surface area contributed by atoms with E-state index in [0.717, 1.165) is 12.2 Å². The fourth-order valence-corrected chi connectivity index (χ4v) is 1.29. The molecule has 0 aliphatic rings. The van der Waals surface area contributed by atoms with Gasteiger partial charge in [0.05, 0.1) is 11.4 Å². The second-order valence-electron chi connectivity index (χ2n) is 4.16. The lowest BCUT2D eigenvalue weighted by Crippen LogP contribution is -2.25. The summed E-state index contributed by atoms with van der Waals surface area (Å²) < 4.78 is 0.218. The third kappa shape index (κ3) is 3.55. The first-order chi connectivity index (χ1) is 6.94. The summed E-state index contributed by atoms with van der Waals surface area (Å²) in [4.78, 5) is 0. The van der Waals surface area contributed by atoms with E-state index in [-0.39, 0.29) is 4.75 Å². The molecule has 0 saturated heterocycles. The minimum atomic E-state index is 0.218. The van der Waals surface area contributed by atoms with Crippen molar-refractivity contribution in [3.05, 3.63) is 18.2 Å². The van der Waals surface area contributed by atoms with E-state index in [1.54, 1.807) is 0 Å². The quantitative estimate of drug-likeness (QED) is 0.689. The molecule has 0 spiro atoms. The van der Waals surface area contributed by atoms with Gasteiger partial charge in [-0.1, -0.05) is 0 Å². The Morgan fingerprint density at radius 3 is 2.47 bits per heavy atom. The fraction of sp³-hybridized carbons (Fsp3) is 0.455. The van der Waals surface area contributed by atoms with Crippen molar-refractivity contribution in [2.75, 3.05) is 29.6 Å². The van der Waals surface area contributed by atoms with Crippen LogP contribution >= 0.6 is 11.8 Å². The number of rotatable bonds is 4. The molecule has 1 aromatic carbocycles. The monoisotopic (exact) mass is 225 g/mol. The highest BCUT2D eigenvalue weighted by Gasteiger charge is 2.15. The zero-order valence-electron chi connectivity index (χ0n) is 9.50. The van der Waals surface area contributed by atoms with E-state index < -0.39 is 0 Å². The summed E-state index contributed by atoms with van der Waals surface area (Å²) in [6.45, 7) is 5.30. The molecule has 0 aliphatic carbocycles. The average Bonchev–Trinajstić information content (AvgIpc) is 2.20. The van der Waals surface area contributed by atoms with Gasteiger partial charge in [0.15, 0.2) is 0 Å². The number of hydrogen-bond acceptors (Lipinski definition) is 4. The summed E-state index contributed by atoms with van der Waals surface area (Å²) in [7, 11) is 0. The highest BCUT2D eigenvalue weighted by Crippen LogP contribution is 2.24.